The molecule has 0 spiro atoms. The van der Waals surface area contributed by atoms with E-state index in [-0.39, 0.29) is 17.5 Å². The average Bonchev–Trinajstić information content (AvgIpc) is 2.86. The van der Waals surface area contributed by atoms with Crippen LogP contribution >= 0.6 is 11.3 Å². The molecule has 1 aliphatic heterocycles. The topological polar surface area (TPSA) is 91.3 Å². The van der Waals surface area contributed by atoms with Gasteiger partial charge in [-0.15, -0.1) is 11.3 Å². The normalized spacial score (nSPS) is 19.4. The maximum absolute atomic E-state index is 11.8. The first-order valence-electron chi connectivity index (χ1n) is 5.83. The highest BCUT2D eigenvalue weighted by Gasteiger charge is 2.20. The Balaban J connectivity index is 1.82. The van der Waals surface area contributed by atoms with Gasteiger partial charge in [0.15, 0.2) is 5.69 Å². The first kappa shape index (κ1) is 13.0. The lowest BCUT2D eigenvalue weighted by Crippen LogP contribution is -2.40. The summed E-state index contributed by atoms with van der Waals surface area (Å²) >= 11 is 1.24. The number of thiazole rings is 1. The smallest absolute Gasteiger partial charge is 0.355 e. The molecule has 1 amide bonds. The van der Waals surface area contributed by atoms with E-state index in [9.17, 15) is 9.59 Å². The Morgan fingerprint density at radius 1 is 1.61 bits per heavy atom. The molecule has 0 saturated carbocycles. The number of carboxylic acid groups (broad SMARTS) is 1. The molecule has 1 fully saturated rings. The van der Waals surface area contributed by atoms with Gasteiger partial charge in [0.1, 0.15) is 5.01 Å². The molecule has 0 radical (unpaired) electrons. The summed E-state index contributed by atoms with van der Waals surface area (Å²) in [4.78, 5) is 26.4. The molecule has 18 heavy (non-hydrogen) atoms. The van der Waals surface area contributed by atoms with Gasteiger partial charge in [0.2, 0.25) is 5.91 Å². The van der Waals surface area contributed by atoms with Crippen molar-refractivity contribution in [1.82, 2.24) is 15.6 Å². The fourth-order valence-corrected chi connectivity index (χ4v) is 2.58. The van der Waals surface area contributed by atoms with E-state index in [0.29, 0.717) is 18.1 Å². The van der Waals surface area contributed by atoms with Gasteiger partial charge in [0.25, 0.3) is 0 Å². The molecule has 1 atom stereocenters. The van der Waals surface area contributed by atoms with E-state index in [0.717, 1.165) is 19.4 Å². The van der Waals surface area contributed by atoms with Gasteiger partial charge in [-0.1, -0.05) is 0 Å². The lowest BCUT2D eigenvalue weighted by molar-refractivity contribution is -0.125. The highest BCUT2D eigenvalue weighted by Crippen LogP contribution is 2.12. The van der Waals surface area contributed by atoms with Crippen LogP contribution in [0.4, 0.5) is 0 Å². The monoisotopic (exact) mass is 269 g/mol. The van der Waals surface area contributed by atoms with Crippen molar-refractivity contribution in [3.63, 3.8) is 0 Å². The number of hydrogen-bond donors (Lipinski definition) is 3. The van der Waals surface area contributed by atoms with Crippen molar-refractivity contribution >= 4 is 23.2 Å². The van der Waals surface area contributed by atoms with Crippen molar-refractivity contribution in [2.45, 2.75) is 19.4 Å². The first-order chi connectivity index (χ1) is 8.66. The van der Waals surface area contributed by atoms with Gasteiger partial charge >= 0.3 is 5.97 Å². The molecular formula is C11H15N3O3S. The Labute approximate surface area is 108 Å². The van der Waals surface area contributed by atoms with Crippen molar-refractivity contribution in [1.29, 1.82) is 0 Å². The number of amides is 1. The summed E-state index contributed by atoms with van der Waals surface area (Å²) in [7, 11) is 0. The maximum atomic E-state index is 11.8. The van der Waals surface area contributed by atoms with E-state index < -0.39 is 5.97 Å². The van der Waals surface area contributed by atoms with Crippen LogP contribution in [0.5, 0.6) is 0 Å². The minimum Gasteiger partial charge on any atom is -0.476 e. The zero-order valence-corrected chi connectivity index (χ0v) is 10.6. The zero-order chi connectivity index (χ0) is 13.0. The van der Waals surface area contributed by atoms with Crippen molar-refractivity contribution in [2.75, 3.05) is 13.1 Å². The number of rotatable bonds is 4. The van der Waals surface area contributed by atoms with Gasteiger partial charge in [0, 0.05) is 11.9 Å². The Morgan fingerprint density at radius 3 is 3.06 bits per heavy atom. The lowest BCUT2D eigenvalue weighted by atomic mass is 9.99. The molecule has 0 aliphatic carbocycles. The maximum Gasteiger partial charge on any atom is 0.355 e. The van der Waals surface area contributed by atoms with Crippen LogP contribution in [0.15, 0.2) is 5.38 Å². The number of aromatic nitrogens is 1. The summed E-state index contributed by atoms with van der Waals surface area (Å²) in [6, 6.07) is 0. The third-order valence-electron chi connectivity index (χ3n) is 2.85. The summed E-state index contributed by atoms with van der Waals surface area (Å²) in [6.45, 7) is 1.98. The van der Waals surface area contributed by atoms with Crippen LogP contribution in [-0.4, -0.2) is 35.1 Å². The highest BCUT2D eigenvalue weighted by atomic mass is 32.1. The fraction of sp³-hybridized carbons (Fsp3) is 0.545. The summed E-state index contributed by atoms with van der Waals surface area (Å²) < 4.78 is 0. The fourth-order valence-electron chi connectivity index (χ4n) is 1.87. The number of nitrogens with zero attached hydrogens (tertiary/aromatic N) is 1. The van der Waals surface area contributed by atoms with Crippen molar-refractivity contribution < 1.29 is 14.7 Å². The predicted octanol–water partition coefficient (Wildman–Crippen LogP) is 0.457. The van der Waals surface area contributed by atoms with Gasteiger partial charge in [-0.2, -0.15) is 0 Å². The zero-order valence-electron chi connectivity index (χ0n) is 9.81. The predicted molar refractivity (Wildman–Crippen MR) is 66.5 cm³/mol. The summed E-state index contributed by atoms with van der Waals surface area (Å²) in [5, 5.41) is 16.8. The molecule has 7 heteroatoms. The van der Waals surface area contributed by atoms with Crippen LogP contribution in [0, 0.1) is 5.92 Å². The Morgan fingerprint density at radius 2 is 2.44 bits per heavy atom. The number of piperidine rings is 1. The number of nitrogens with one attached hydrogen (secondary N) is 2. The number of aromatic carboxylic acids is 1. The molecular weight excluding hydrogens is 254 g/mol. The summed E-state index contributed by atoms with van der Waals surface area (Å²) in [5.74, 6) is -1.02. The molecule has 1 aromatic rings. The molecule has 1 saturated heterocycles. The molecule has 98 valence electrons. The van der Waals surface area contributed by atoms with Crippen LogP contribution in [0.3, 0.4) is 0 Å². The second-order valence-electron chi connectivity index (χ2n) is 4.19. The SMILES string of the molecule is O=C(O)c1csc(CNC(=O)[C@H]2CCCNC2)n1. The molecule has 0 bridgehead atoms. The van der Waals surface area contributed by atoms with Gasteiger partial charge < -0.3 is 15.7 Å². The third-order valence-corrected chi connectivity index (χ3v) is 3.70. The average molecular weight is 269 g/mol. The van der Waals surface area contributed by atoms with E-state index in [1.807, 2.05) is 0 Å². The van der Waals surface area contributed by atoms with Gasteiger partial charge in [0.05, 0.1) is 12.5 Å². The molecule has 6 nitrogen and oxygen atoms in total. The standard InChI is InChI=1S/C11H15N3O3S/c15-10(7-2-1-3-12-4-7)13-5-9-14-8(6-18-9)11(16)17/h6-7,12H,1-5H2,(H,13,15)(H,16,17)/t7-/m0/s1. The lowest BCUT2D eigenvalue weighted by Gasteiger charge is -2.21. The molecule has 1 aliphatic rings. The number of carbonyl (C=O) groups is 2. The van der Waals surface area contributed by atoms with E-state index in [1.54, 1.807) is 0 Å². The van der Waals surface area contributed by atoms with Crippen molar-refractivity contribution in [3.8, 4) is 0 Å². The van der Waals surface area contributed by atoms with Crippen LogP contribution in [0.1, 0.15) is 28.3 Å². The van der Waals surface area contributed by atoms with Gasteiger partial charge in [-0.05, 0) is 19.4 Å². The van der Waals surface area contributed by atoms with E-state index >= 15 is 0 Å². The minimum absolute atomic E-state index is 0.00859. The highest BCUT2D eigenvalue weighted by molar-refractivity contribution is 7.09. The van der Waals surface area contributed by atoms with Crippen LogP contribution in [0.2, 0.25) is 0 Å². The van der Waals surface area contributed by atoms with E-state index in [4.69, 9.17) is 5.11 Å². The minimum atomic E-state index is -1.04. The Bertz CT molecular complexity index is 440. The molecule has 0 unspecified atom stereocenters. The largest absolute Gasteiger partial charge is 0.476 e. The Kier molecular flexibility index (Phi) is 4.27. The second-order valence-corrected chi connectivity index (χ2v) is 5.14. The number of carbonyl (C=O) groups excluding carboxylic acids is 1. The summed E-state index contributed by atoms with van der Waals surface area (Å²) in [6.07, 6.45) is 1.91. The van der Waals surface area contributed by atoms with Gasteiger partial charge in [-0.25, -0.2) is 9.78 Å². The quantitative estimate of drug-likeness (QED) is 0.738. The van der Waals surface area contributed by atoms with Crippen LogP contribution in [-0.2, 0) is 11.3 Å². The van der Waals surface area contributed by atoms with Crippen molar-refractivity contribution in [2.24, 2.45) is 5.92 Å². The third kappa shape index (κ3) is 3.27. The Hall–Kier alpha value is -1.47. The van der Waals surface area contributed by atoms with Crippen molar-refractivity contribution in [3.05, 3.63) is 16.1 Å². The molecule has 1 aromatic heterocycles. The van der Waals surface area contributed by atoms with Crippen LogP contribution in [0.25, 0.3) is 0 Å². The van der Waals surface area contributed by atoms with Crippen LogP contribution < -0.4 is 10.6 Å². The number of hydrogen-bond acceptors (Lipinski definition) is 5. The molecule has 2 heterocycles. The molecule has 2 rings (SSSR count). The number of carboxylic acids is 1. The molecule has 0 aromatic carbocycles. The van der Waals surface area contributed by atoms with E-state index in [2.05, 4.69) is 15.6 Å². The first-order valence-corrected chi connectivity index (χ1v) is 6.71. The van der Waals surface area contributed by atoms with E-state index in [1.165, 1.54) is 16.7 Å². The second kappa shape index (κ2) is 5.92. The summed E-state index contributed by atoms with van der Waals surface area (Å²) in [5.41, 5.74) is 0.0311. The molecule has 3 N–H and O–H groups in total. The van der Waals surface area contributed by atoms with Gasteiger partial charge in [-0.3, -0.25) is 4.79 Å².